The fourth-order valence-corrected chi connectivity index (χ4v) is 2.17. The molecule has 2 amide bonds. The van der Waals surface area contributed by atoms with Gasteiger partial charge in [-0.2, -0.15) is 0 Å². The van der Waals surface area contributed by atoms with Crippen LogP contribution in [0.5, 0.6) is 11.5 Å². The summed E-state index contributed by atoms with van der Waals surface area (Å²) in [5, 5.41) is 14.3. The lowest BCUT2D eigenvalue weighted by Gasteiger charge is -2.09. The molecule has 0 aliphatic rings. The zero-order chi connectivity index (χ0) is 18.8. The van der Waals surface area contributed by atoms with Gasteiger partial charge < -0.3 is 25.2 Å². The fourth-order valence-electron chi connectivity index (χ4n) is 2.17. The van der Waals surface area contributed by atoms with Crippen LogP contribution in [0.25, 0.3) is 0 Å². The molecular weight excluding hydrogens is 336 g/mol. The summed E-state index contributed by atoms with van der Waals surface area (Å²) in [6, 6.07) is 13.4. The Morgan fingerprint density at radius 2 is 1.77 bits per heavy atom. The first-order valence-corrected chi connectivity index (χ1v) is 8.19. The number of amides is 2. The molecule has 138 valence electrons. The van der Waals surface area contributed by atoms with Gasteiger partial charge in [0.25, 0.3) is 0 Å². The van der Waals surface area contributed by atoms with Gasteiger partial charge in [-0.05, 0) is 36.2 Å². The highest BCUT2D eigenvalue weighted by atomic mass is 16.5. The number of carbonyl (C=O) groups excluding carboxylic acids is 1. The summed E-state index contributed by atoms with van der Waals surface area (Å²) >= 11 is 0. The van der Waals surface area contributed by atoms with Crippen LogP contribution in [0.15, 0.2) is 48.5 Å². The van der Waals surface area contributed by atoms with Gasteiger partial charge in [-0.3, -0.25) is 0 Å². The topological polar surface area (TPSA) is 96.9 Å². The number of hydrogen-bond acceptors (Lipinski definition) is 4. The second kappa shape index (κ2) is 9.93. The highest BCUT2D eigenvalue weighted by Gasteiger charge is 2.03. The summed E-state index contributed by atoms with van der Waals surface area (Å²) in [6.45, 7) is 1.28. The molecule has 2 aromatic rings. The van der Waals surface area contributed by atoms with E-state index in [-0.39, 0.29) is 11.6 Å². The van der Waals surface area contributed by atoms with Gasteiger partial charge >= 0.3 is 12.0 Å². The average Bonchev–Trinajstić information content (AvgIpc) is 2.66. The van der Waals surface area contributed by atoms with E-state index >= 15 is 0 Å². The van der Waals surface area contributed by atoms with E-state index in [2.05, 4.69) is 10.6 Å². The van der Waals surface area contributed by atoms with Crippen molar-refractivity contribution < 1.29 is 24.2 Å². The lowest BCUT2D eigenvalue weighted by molar-refractivity contribution is 0.0697. The number of benzene rings is 2. The molecule has 3 N–H and O–H groups in total. The van der Waals surface area contributed by atoms with Crippen LogP contribution in [0.1, 0.15) is 22.3 Å². The van der Waals surface area contributed by atoms with Crippen LogP contribution < -0.4 is 20.1 Å². The highest BCUT2D eigenvalue weighted by molar-refractivity contribution is 5.87. The van der Waals surface area contributed by atoms with E-state index in [0.717, 1.165) is 17.1 Å². The van der Waals surface area contributed by atoms with Crippen LogP contribution >= 0.6 is 0 Å². The zero-order valence-corrected chi connectivity index (χ0v) is 14.5. The number of methoxy groups -OCH3 is 1. The van der Waals surface area contributed by atoms with Crippen molar-refractivity contribution in [2.75, 3.05) is 20.3 Å². The van der Waals surface area contributed by atoms with Crippen LogP contribution in [0.3, 0.4) is 0 Å². The van der Waals surface area contributed by atoms with Gasteiger partial charge in [0.05, 0.1) is 19.3 Å². The average molecular weight is 358 g/mol. The van der Waals surface area contributed by atoms with Gasteiger partial charge in [0, 0.05) is 19.2 Å². The molecule has 2 rings (SSSR count). The Morgan fingerprint density at radius 1 is 1.04 bits per heavy atom. The Balaban J connectivity index is 1.60. The van der Waals surface area contributed by atoms with Crippen molar-refractivity contribution >= 4 is 12.0 Å². The third-order valence-corrected chi connectivity index (χ3v) is 3.57. The number of rotatable bonds is 9. The third kappa shape index (κ3) is 6.35. The fraction of sp³-hybridized carbons (Fsp3) is 0.263. The van der Waals surface area contributed by atoms with E-state index in [9.17, 15) is 9.59 Å². The summed E-state index contributed by atoms with van der Waals surface area (Å²) < 4.78 is 10.7. The summed E-state index contributed by atoms with van der Waals surface area (Å²) in [7, 11) is 1.60. The molecule has 0 spiro atoms. The molecule has 0 unspecified atom stereocenters. The van der Waals surface area contributed by atoms with Crippen LogP contribution in [0.4, 0.5) is 4.79 Å². The Hall–Kier alpha value is -3.22. The van der Waals surface area contributed by atoms with Crippen molar-refractivity contribution in [2.24, 2.45) is 0 Å². The number of ether oxygens (including phenoxy) is 2. The van der Waals surface area contributed by atoms with E-state index in [1.165, 1.54) is 12.1 Å². The molecule has 2 aromatic carbocycles. The number of carboxylic acids is 1. The van der Waals surface area contributed by atoms with Crippen molar-refractivity contribution in [2.45, 2.75) is 13.0 Å². The van der Waals surface area contributed by atoms with Gasteiger partial charge in [0.2, 0.25) is 0 Å². The molecule has 0 bridgehead atoms. The summed E-state index contributed by atoms with van der Waals surface area (Å²) in [6.07, 6.45) is 0.665. The van der Waals surface area contributed by atoms with Crippen molar-refractivity contribution in [1.82, 2.24) is 10.6 Å². The van der Waals surface area contributed by atoms with Crippen LogP contribution in [-0.2, 0) is 6.54 Å². The summed E-state index contributed by atoms with van der Waals surface area (Å²) in [4.78, 5) is 22.5. The smallest absolute Gasteiger partial charge is 0.335 e. The van der Waals surface area contributed by atoms with Gasteiger partial charge in [0.15, 0.2) is 0 Å². The monoisotopic (exact) mass is 358 g/mol. The Labute approximate surface area is 151 Å². The molecule has 0 aromatic heterocycles. The number of hydrogen-bond donors (Lipinski definition) is 3. The van der Waals surface area contributed by atoms with E-state index in [4.69, 9.17) is 14.6 Å². The van der Waals surface area contributed by atoms with Crippen molar-refractivity contribution in [3.63, 3.8) is 0 Å². The Morgan fingerprint density at radius 3 is 2.46 bits per heavy atom. The first-order chi connectivity index (χ1) is 12.6. The molecule has 0 radical (unpaired) electrons. The van der Waals surface area contributed by atoms with Crippen LogP contribution in [0.2, 0.25) is 0 Å². The summed E-state index contributed by atoms with van der Waals surface area (Å²) in [5.74, 6) is 0.480. The predicted octanol–water partition coefficient (Wildman–Crippen LogP) is 2.66. The van der Waals surface area contributed by atoms with Crippen LogP contribution in [0, 0.1) is 0 Å². The molecule has 7 heteroatoms. The maximum absolute atomic E-state index is 11.7. The standard InChI is InChI=1S/C19H22N2O5/c1-25-16-4-2-5-17(12-16)26-11-3-10-20-19(24)21-13-14-6-8-15(9-7-14)18(22)23/h2,4-9,12H,3,10-11,13H2,1H3,(H,22,23)(H2,20,21,24). The largest absolute Gasteiger partial charge is 0.497 e. The highest BCUT2D eigenvalue weighted by Crippen LogP contribution is 2.18. The molecule has 0 saturated carbocycles. The molecule has 0 fully saturated rings. The molecule has 26 heavy (non-hydrogen) atoms. The Kier molecular flexibility index (Phi) is 7.30. The molecule has 7 nitrogen and oxygen atoms in total. The van der Waals surface area contributed by atoms with Crippen LogP contribution in [-0.4, -0.2) is 37.4 Å². The van der Waals surface area contributed by atoms with E-state index in [0.29, 0.717) is 26.1 Å². The lowest BCUT2D eigenvalue weighted by Crippen LogP contribution is -2.36. The zero-order valence-electron chi connectivity index (χ0n) is 14.5. The van der Waals surface area contributed by atoms with Crippen molar-refractivity contribution in [3.8, 4) is 11.5 Å². The van der Waals surface area contributed by atoms with Gasteiger partial charge in [-0.15, -0.1) is 0 Å². The minimum atomic E-state index is -0.974. The number of nitrogens with one attached hydrogen (secondary N) is 2. The predicted molar refractivity (Wildman–Crippen MR) is 96.7 cm³/mol. The van der Waals surface area contributed by atoms with Gasteiger partial charge in [-0.1, -0.05) is 18.2 Å². The number of carbonyl (C=O) groups is 2. The minimum absolute atomic E-state index is 0.217. The molecular formula is C19H22N2O5. The maximum atomic E-state index is 11.7. The number of urea groups is 1. The quantitative estimate of drug-likeness (QED) is 0.599. The molecule has 0 heterocycles. The molecule has 0 atom stereocenters. The summed E-state index contributed by atoms with van der Waals surface area (Å²) in [5.41, 5.74) is 1.04. The minimum Gasteiger partial charge on any atom is -0.497 e. The van der Waals surface area contributed by atoms with E-state index in [1.54, 1.807) is 25.3 Å². The molecule has 0 aliphatic heterocycles. The maximum Gasteiger partial charge on any atom is 0.335 e. The molecule has 0 aliphatic carbocycles. The van der Waals surface area contributed by atoms with Crippen molar-refractivity contribution in [3.05, 3.63) is 59.7 Å². The van der Waals surface area contributed by atoms with Crippen molar-refractivity contribution in [1.29, 1.82) is 0 Å². The first-order valence-electron chi connectivity index (χ1n) is 8.19. The SMILES string of the molecule is COc1cccc(OCCCNC(=O)NCc2ccc(C(=O)O)cc2)c1. The lowest BCUT2D eigenvalue weighted by atomic mass is 10.1. The third-order valence-electron chi connectivity index (χ3n) is 3.57. The normalized spacial score (nSPS) is 10.0. The number of aromatic carboxylic acids is 1. The van der Waals surface area contributed by atoms with E-state index in [1.807, 2.05) is 18.2 Å². The Bertz CT molecular complexity index is 731. The van der Waals surface area contributed by atoms with Gasteiger partial charge in [0.1, 0.15) is 11.5 Å². The second-order valence-electron chi connectivity index (χ2n) is 5.49. The van der Waals surface area contributed by atoms with Gasteiger partial charge in [-0.25, -0.2) is 9.59 Å². The first kappa shape index (κ1) is 19.1. The molecule has 0 saturated heterocycles. The van der Waals surface area contributed by atoms with E-state index < -0.39 is 5.97 Å². The number of carboxylic acid groups (broad SMARTS) is 1. The second-order valence-corrected chi connectivity index (χ2v) is 5.49.